The van der Waals surface area contributed by atoms with Crippen molar-refractivity contribution in [1.82, 2.24) is 0 Å². The lowest BCUT2D eigenvalue weighted by atomic mass is 10.0. The number of carbonyl (C=O) groups is 1. The number of aryl methyl sites for hydroxylation is 1. The average molecular weight is 273 g/mol. The third kappa shape index (κ3) is 3.06. The molecule has 20 heavy (non-hydrogen) atoms. The van der Waals surface area contributed by atoms with E-state index in [0.29, 0.717) is 0 Å². The molecule has 0 aromatic heterocycles. The van der Waals surface area contributed by atoms with Gasteiger partial charge >= 0.3 is 0 Å². The van der Waals surface area contributed by atoms with Crippen molar-refractivity contribution in [3.8, 4) is 0 Å². The fraction of sp³-hybridized carbons (Fsp3) is 0.133. The van der Waals surface area contributed by atoms with Crippen molar-refractivity contribution in [2.75, 3.05) is 0 Å². The highest BCUT2D eigenvalue weighted by atomic mass is 19.1. The van der Waals surface area contributed by atoms with Gasteiger partial charge in [-0.1, -0.05) is 29.8 Å². The highest BCUT2D eigenvalue weighted by Gasteiger charge is 2.16. The Hall–Kier alpha value is -2.56. The quantitative estimate of drug-likeness (QED) is 0.487. The molecule has 0 aliphatic carbocycles. The Morgan fingerprint density at radius 1 is 1.25 bits per heavy atom. The number of hydrogen-bond donors (Lipinski definition) is 0. The number of Topliss-reactive ketones (excluding diaryl/α,β-unsaturated/α-hetero) is 1. The number of nitrogens with zero attached hydrogens (tertiary/aromatic N) is 1. The summed E-state index contributed by atoms with van der Waals surface area (Å²) in [5, 5.41) is 10.5. The van der Waals surface area contributed by atoms with E-state index in [1.165, 1.54) is 0 Å². The molecule has 2 aromatic carbocycles. The summed E-state index contributed by atoms with van der Waals surface area (Å²) < 4.78 is 13.7. The molecule has 0 saturated heterocycles. The zero-order chi connectivity index (χ0) is 14.7. The predicted octanol–water partition coefficient (Wildman–Crippen LogP) is 3.47. The fourth-order valence-corrected chi connectivity index (χ4v) is 1.95. The number of nitro benzene ring substituents is 1. The van der Waals surface area contributed by atoms with Gasteiger partial charge in [0.05, 0.1) is 16.6 Å². The van der Waals surface area contributed by atoms with Gasteiger partial charge in [0.15, 0.2) is 5.78 Å². The highest BCUT2D eigenvalue weighted by Crippen LogP contribution is 2.18. The first kappa shape index (κ1) is 13.9. The van der Waals surface area contributed by atoms with Gasteiger partial charge in [0, 0.05) is 12.5 Å². The summed E-state index contributed by atoms with van der Waals surface area (Å²) in [6.07, 6.45) is 0.0659. The van der Waals surface area contributed by atoms with Crippen LogP contribution >= 0.6 is 0 Å². The van der Waals surface area contributed by atoms with Gasteiger partial charge in [0.2, 0.25) is 0 Å². The van der Waals surface area contributed by atoms with Crippen molar-refractivity contribution >= 4 is 11.5 Å². The molecule has 0 radical (unpaired) electrons. The zero-order valence-corrected chi connectivity index (χ0v) is 10.8. The van der Waals surface area contributed by atoms with Crippen molar-refractivity contribution in [2.24, 2.45) is 0 Å². The van der Waals surface area contributed by atoms with Crippen LogP contribution in [0, 0.1) is 22.9 Å². The summed E-state index contributed by atoms with van der Waals surface area (Å²) in [6, 6.07) is 10.4. The Morgan fingerprint density at radius 2 is 2.00 bits per heavy atom. The second-order valence-electron chi connectivity index (χ2n) is 4.51. The number of rotatable bonds is 4. The highest BCUT2D eigenvalue weighted by molar-refractivity contribution is 5.98. The summed E-state index contributed by atoms with van der Waals surface area (Å²) in [4.78, 5) is 21.8. The summed E-state index contributed by atoms with van der Waals surface area (Å²) in [7, 11) is 0. The van der Waals surface area contributed by atoms with Crippen LogP contribution in [0.15, 0.2) is 42.5 Å². The predicted molar refractivity (Wildman–Crippen MR) is 72.3 cm³/mol. The molecule has 0 aliphatic heterocycles. The van der Waals surface area contributed by atoms with Crippen LogP contribution in [0.1, 0.15) is 21.5 Å². The molecule has 0 bridgehead atoms. The molecule has 102 valence electrons. The van der Waals surface area contributed by atoms with Crippen LogP contribution in [0.25, 0.3) is 0 Å². The minimum atomic E-state index is -0.864. The molecule has 0 atom stereocenters. The lowest BCUT2D eigenvalue weighted by Gasteiger charge is -2.04. The molecule has 4 nitrogen and oxygen atoms in total. The topological polar surface area (TPSA) is 60.2 Å². The van der Waals surface area contributed by atoms with Crippen molar-refractivity contribution in [3.05, 3.63) is 75.1 Å². The molecule has 0 amide bonds. The van der Waals surface area contributed by atoms with Crippen LogP contribution in [0.3, 0.4) is 0 Å². The first-order valence-electron chi connectivity index (χ1n) is 6.00. The van der Waals surface area contributed by atoms with Crippen LogP contribution in [-0.2, 0) is 6.42 Å². The Labute approximate surface area is 115 Å². The first-order chi connectivity index (χ1) is 9.47. The van der Waals surface area contributed by atoms with Crippen LogP contribution in [0.4, 0.5) is 10.1 Å². The molecule has 2 aromatic rings. The van der Waals surface area contributed by atoms with E-state index < -0.39 is 16.5 Å². The van der Waals surface area contributed by atoms with E-state index in [9.17, 15) is 19.3 Å². The minimum Gasteiger partial charge on any atom is -0.294 e. The van der Waals surface area contributed by atoms with Crippen molar-refractivity contribution in [1.29, 1.82) is 0 Å². The van der Waals surface area contributed by atoms with Gasteiger partial charge in [0.25, 0.3) is 5.69 Å². The van der Waals surface area contributed by atoms with E-state index in [2.05, 4.69) is 0 Å². The zero-order valence-electron chi connectivity index (χ0n) is 10.8. The van der Waals surface area contributed by atoms with Gasteiger partial charge in [-0.25, -0.2) is 4.39 Å². The molecule has 0 spiro atoms. The average Bonchev–Trinajstić information content (AvgIpc) is 2.38. The minimum absolute atomic E-state index is 0.0659. The monoisotopic (exact) mass is 273 g/mol. The summed E-state index contributed by atoms with van der Waals surface area (Å²) in [6.45, 7) is 1.90. The number of nitro groups is 1. The van der Waals surface area contributed by atoms with Gasteiger partial charge in [0.1, 0.15) is 5.82 Å². The molecule has 0 fully saturated rings. The third-order valence-corrected chi connectivity index (χ3v) is 2.91. The normalized spacial score (nSPS) is 10.3. The number of halogens is 1. The number of benzene rings is 2. The fourth-order valence-electron chi connectivity index (χ4n) is 1.95. The summed E-state index contributed by atoms with van der Waals surface area (Å²) in [5.41, 5.74) is 1.30. The lowest BCUT2D eigenvalue weighted by Crippen LogP contribution is -2.06. The van der Waals surface area contributed by atoms with Gasteiger partial charge in [-0.3, -0.25) is 14.9 Å². The van der Waals surface area contributed by atoms with E-state index in [1.54, 1.807) is 6.07 Å². The van der Waals surface area contributed by atoms with Crippen LogP contribution in [0.2, 0.25) is 0 Å². The molecule has 5 heteroatoms. The smallest absolute Gasteiger partial charge is 0.272 e. The molecule has 0 heterocycles. The van der Waals surface area contributed by atoms with Crippen LogP contribution in [0.5, 0.6) is 0 Å². The molecule has 0 saturated carbocycles. The van der Waals surface area contributed by atoms with Crippen molar-refractivity contribution < 1.29 is 14.1 Å². The maximum absolute atomic E-state index is 13.7. The molecule has 0 N–H and O–H groups in total. The Bertz CT molecular complexity index is 683. The van der Waals surface area contributed by atoms with Crippen molar-refractivity contribution in [3.63, 3.8) is 0 Å². The van der Waals surface area contributed by atoms with Gasteiger partial charge < -0.3 is 0 Å². The van der Waals surface area contributed by atoms with E-state index in [4.69, 9.17) is 0 Å². The van der Waals surface area contributed by atoms with Crippen LogP contribution < -0.4 is 0 Å². The first-order valence-corrected chi connectivity index (χ1v) is 6.00. The lowest BCUT2D eigenvalue weighted by molar-refractivity contribution is -0.385. The van der Waals surface area contributed by atoms with E-state index in [-0.39, 0.29) is 17.7 Å². The Kier molecular flexibility index (Phi) is 3.89. The molecular weight excluding hydrogens is 261 g/mol. The van der Waals surface area contributed by atoms with Crippen molar-refractivity contribution in [2.45, 2.75) is 13.3 Å². The van der Waals surface area contributed by atoms with Gasteiger partial charge in [-0.2, -0.15) is 0 Å². The standard InChI is InChI=1S/C15H12FNO3/c1-10-3-2-4-11(7-10)8-15(18)13-6-5-12(17(19)20)9-14(13)16/h2-7,9H,8H2,1H3. The summed E-state index contributed by atoms with van der Waals surface area (Å²) >= 11 is 0. The largest absolute Gasteiger partial charge is 0.294 e. The second-order valence-corrected chi connectivity index (χ2v) is 4.51. The number of ketones is 1. The van der Waals surface area contributed by atoms with E-state index in [0.717, 1.165) is 29.3 Å². The maximum atomic E-state index is 13.7. The van der Waals surface area contributed by atoms with Gasteiger partial charge in [-0.05, 0) is 18.6 Å². The maximum Gasteiger partial charge on any atom is 0.272 e. The van der Waals surface area contributed by atoms with Crippen LogP contribution in [-0.4, -0.2) is 10.7 Å². The summed E-state index contributed by atoms with van der Waals surface area (Å²) in [5.74, 6) is -1.26. The molecule has 2 rings (SSSR count). The number of hydrogen-bond acceptors (Lipinski definition) is 3. The molecular formula is C15H12FNO3. The number of carbonyl (C=O) groups excluding carboxylic acids is 1. The molecule has 0 aliphatic rings. The van der Waals surface area contributed by atoms with E-state index in [1.807, 2.05) is 25.1 Å². The Balaban J connectivity index is 2.23. The molecule has 0 unspecified atom stereocenters. The number of non-ortho nitro benzene ring substituents is 1. The Morgan fingerprint density at radius 3 is 2.60 bits per heavy atom. The van der Waals surface area contributed by atoms with Gasteiger partial charge in [-0.15, -0.1) is 0 Å². The SMILES string of the molecule is Cc1cccc(CC(=O)c2ccc([N+](=O)[O-])cc2F)c1. The third-order valence-electron chi connectivity index (χ3n) is 2.91. The van der Waals surface area contributed by atoms with E-state index >= 15 is 0 Å². The second kappa shape index (κ2) is 5.61.